The molecular weight excluding hydrogens is 248 g/mol. The van der Waals surface area contributed by atoms with Crippen LogP contribution in [0.1, 0.15) is 50.5 Å². The molecule has 1 N–H and O–H groups in total. The molecule has 1 aliphatic heterocycles. The Balaban J connectivity index is 1.67. The van der Waals surface area contributed by atoms with Gasteiger partial charge in [-0.05, 0) is 56.7 Å². The van der Waals surface area contributed by atoms with E-state index in [1.165, 1.54) is 44.9 Å². The maximum absolute atomic E-state index is 6.08. The van der Waals surface area contributed by atoms with Crippen LogP contribution in [-0.2, 0) is 0 Å². The first kappa shape index (κ1) is 13.6. The van der Waals surface area contributed by atoms with Crippen molar-refractivity contribution in [3.63, 3.8) is 0 Å². The van der Waals surface area contributed by atoms with Gasteiger partial charge in [0.05, 0.1) is 12.3 Å². The highest BCUT2D eigenvalue weighted by molar-refractivity contribution is 5.68. The highest BCUT2D eigenvalue weighted by Gasteiger charge is 2.19. The van der Waals surface area contributed by atoms with Crippen molar-refractivity contribution < 1.29 is 4.74 Å². The van der Waals surface area contributed by atoms with E-state index >= 15 is 0 Å². The quantitative estimate of drug-likeness (QED) is 0.910. The Kier molecular flexibility index (Phi) is 4.36. The molecule has 0 bridgehead atoms. The van der Waals surface area contributed by atoms with E-state index in [2.05, 4.69) is 22.9 Å². The lowest BCUT2D eigenvalue weighted by molar-refractivity contribution is 0.154. The van der Waals surface area contributed by atoms with Crippen LogP contribution in [0.3, 0.4) is 0 Å². The topological polar surface area (TPSA) is 34.1 Å². The monoisotopic (exact) mass is 272 g/mol. The average molecular weight is 272 g/mol. The average Bonchev–Trinajstić information content (AvgIpc) is 3.02. The molecule has 1 aromatic rings. The van der Waals surface area contributed by atoms with E-state index in [4.69, 9.17) is 4.74 Å². The van der Waals surface area contributed by atoms with E-state index in [-0.39, 0.29) is 0 Å². The number of ether oxygens (including phenoxy) is 1. The van der Waals surface area contributed by atoms with E-state index in [1.54, 1.807) is 0 Å². The van der Waals surface area contributed by atoms with Gasteiger partial charge in [0, 0.05) is 17.8 Å². The number of hydrogen-bond donors (Lipinski definition) is 1. The molecule has 20 heavy (non-hydrogen) atoms. The summed E-state index contributed by atoms with van der Waals surface area (Å²) in [6.45, 7) is 5.33. The van der Waals surface area contributed by atoms with Crippen molar-refractivity contribution in [2.24, 2.45) is 0 Å². The number of aromatic nitrogens is 1. The maximum atomic E-state index is 6.08. The smallest absolute Gasteiger partial charge is 0.138 e. The molecule has 1 atom stereocenters. The SMILES string of the molecule is C=C(c1cncc(OC2CCCCC2)c1)[C@H]1CCCN1. The summed E-state index contributed by atoms with van der Waals surface area (Å²) in [5.41, 5.74) is 2.25. The van der Waals surface area contributed by atoms with E-state index in [1.807, 2.05) is 12.4 Å². The Morgan fingerprint density at radius 2 is 2.00 bits per heavy atom. The minimum Gasteiger partial charge on any atom is -0.489 e. The molecule has 0 amide bonds. The Morgan fingerprint density at radius 3 is 2.75 bits per heavy atom. The summed E-state index contributed by atoms with van der Waals surface area (Å²) in [5.74, 6) is 0.897. The van der Waals surface area contributed by atoms with Crippen LogP contribution in [0.2, 0.25) is 0 Å². The second-order valence-electron chi connectivity index (χ2n) is 5.96. The minimum atomic E-state index is 0.374. The summed E-state index contributed by atoms with van der Waals surface area (Å²) >= 11 is 0. The van der Waals surface area contributed by atoms with Gasteiger partial charge in [0.2, 0.25) is 0 Å². The fraction of sp³-hybridized carbons (Fsp3) is 0.588. The first-order valence-electron chi connectivity index (χ1n) is 7.87. The molecule has 3 heteroatoms. The molecular formula is C17H24N2O. The summed E-state index contributed by atoms with van der Waals surface area (Å²) in [6, 6.07) is 2.51. The lowest BCUT2D eigenvalue weighted by atomic mass is 9.97. The summed E-state index contributed by atoms with van der Waals surface area (Å²) < 4.78 is 6.08. The number of nitrogens with one attached hydrogen (secondary N) is 1. The first-order valence-corrected chi connectivity index (χ1v) is 7.87. The predicted molar refractivity (Wildman–Crippen MR) is 81.8 cm³/mol. The van der Waals surface area contributed by atoms with Crippen LogP contribution in [-0.4, -0.2) is 23.7 Å². The Morgan fingerprint density at radius 1 is 1.15 bits per heavy atom. The van der Waals surface area contributed by atoms with Gasteiger partial charge in [0.25, 0.3) is 0 Å². The van der Waals surface area contributed by atoms with Crippen LogP contribution in [0.5, 0.6) is 5.75 Å². The molecule has 1 aliphatic carbocycles. The van der Waals surface area contributed by atoms with Gasteiger partial charge in [-0.25, -0.2) is 0 Å². The van der Waals surface area contributed by atoms with Crippen LogP contribution in [0, 0.1) is 0 Å². The fourth-order valence-corrected chi connectivity index (χ4v) is 3.22. The number of nitrogens with zero attached hydrogens (tertiary/aromatic N) is 1. The third-order valence-corrected chi connectivity index (χ3v) is 4.42. The summed E-state index contributed by atoms with van der Waals surface area (Å²) in [7, 11) is 0. The van der Waals surface area contributed by atoms with Crippen molar-refractivity contribution >= 4 is 5.57 Å². The lowest BCUT2D eigenvalue weighted by Gasteiger charge is -2.23. The normalized spacial score (nSPS) is 23.7. The van der Waals surface area contributed by atoms with Crippen molar-refractivity contribution in [3.05, 3.63) is 30.6 Å². The van der Waals surface area contributed by atoms with Gasteiger partial charge in [0.15, 0.2) is 0 Å². The second kappa shape index (κ2) is 6.40. The van der Waals surface area contributed by atoms with Gasteiger partial charge in [-0.2, -0.15) is 0 Å². The third-order valence-electron chi connectivity index (χ3n) is 4.42. The van der Waals surface area contributed by atoms with Gasteiger partial charge in [-0.1, -0.05) is 13.0 Å². The van der Waals surface area contributed by atoms with Gasteiger partial charge >= 0.3 is 0 Å². The van der Waals surface area contributed by atoms with E-state index in [0.717, 1.165) is 23.4 Å². The molecule has 2 heterocycles. The molecule has 1 saturated heterocycles. The van der Waals surface area contributed by atoms with Crippen LogP contribution < -0.4 is 10.1 Å². The van der Waals surface area contributed by atoms with Crippen molar-refractivity contribution in [3.8, 4) is 5.75 Å². The van der Waals surface area contributed by atoms with Gasteiger partial charge in [-0.3, -0.25) is 4.98 Å². The van der Waals surface area contributed by atoms with Crippen LogP contribution in [0.25, 0.3) is 5.57 Å². The van der Waals surface area contributed by atoms with Gasteiger partial charge in [-0.15, -0.1) is 0 Å². The van der Waals surface area contributed by atoms with Crippen LogP contribution >= 0.6 is 0 Å². The highest BCUT2D eigenvalue weighted by atomic mass is 16.5. The number of pyridine rings is 1. The molecule has 108 valence electrons. The third kappa shape index (κ3) is 3.21. The standard InChI is InChI=1S/C17H24N2O/c1-13(17-8-5-9-19-17)14-10-16(12-18-11-14)20-15-6-3-2-4-7-15/h10-12,15,17,19H,1-9H2/t17-/m1/s1. The Bertz CT molecular complexity index is 460. The molecule has 1 aromatic heterocycles. The molecule has 3 rings (SSSR count). The Labute approximate surface area is 121 Å². The van der Waals surface area contributed by atoms with E-state index in [0.29, 0.717) is 12.1 Å². The molecule has 0 unspecified atom stereocenters. The zero-order chi connectivity index (χ0) is 13.8. The molecule has 2 aliphatic rings. The van der Waals surface area contributed by atoms with Gasteiger partial charge < -0.3 is 10.1 Å². The first-order chi connectivity index (χ1) is 9.83. The zero-order valence-corrected chi connectivity index (χ0v) is 12.1. The largest absolute Gasteiger partial charge is 0.489 e. The lowest BCUT2D eigenvalue weighted by Crippen LogP contribution is -2.22. The molecule has 1 saturated carbocycles. The molecule has 0 spiro atoms. The van der Waals surface area contributed by atoms with Crippen molar-refractivity contribution in [2.45, 2.75) is 57.1 Å². The van der Waals surface area contributed by atoms with Crippen molar-refractivity contribution in [1.29, 1.82) is 0 Å². The van der Waals surface area contributed by atoms with E-state index in [9.17, 15) is 0 Å². The Hall–Kier alpha value is -1.35. The summed E-state index contributed by atoms with van der Waals surface area (Å²) in [4.78, 5) is 4.33. The van der Waals surface area contributed by atoms with Crippen molar-refractivity contribution in [1.82, 2.24) is 10.3 Å². The van der Waals surface area contributed by atoms with Gasteiger partial charge in [0.1, 0.15) is 5.75 Å². The predicted octanol–water partition coefficient (Wildman–Crippen LogP) is 3.56. The highest BCUT2D eigenvalue weighted by Crippen LogP contribution is 2.27. The molecule has 3 nitrogen and oxygen atoms in total. The molecule has 0 aromatic carbocycles. The summed E-state index contributed by atoms with van der Waals surface area (Å²) in [5, 5.41) is 3.49. The van der Waals surface area contributed by atoms with Crippen molar-refractivity contribution in [2.75, 3.05) is 6.54 Å². The minimum absolute atomic E-state index is 0.374. The maximum Gasteiger partial charge on any atom is 0.138 e. The molecule has 2 fully saturated rings. The second-order valence-corrected chi connectivity index (χ2v) is 5.96. The fourth-order valence-electron chi connectivity index (χ4n) is 3.22. The zero-order valence-electron chi connectivity index (χ0n) is 12.1. The number of rotatable bonds is 4. The number of hydrogen-bond acceptors (Lipinski definition) is 3. The van der Waals surface area contributed by atoms with E-state index < -0.39 is 0 Å². The molecule has 0 radical (unpaired) electrons. The van der Waals surface area contributed by atoms with Crippen LogP contribution in [0.15, 0.2) is 25.0 Å². The van der Waals surface area contributed by atoms with Crippen LogP contribution in [0.4, 0.5) is 0 Å². The summed E-state index contributed by atoms with van der Waals surface area (Å²) in [6.07, 6.45) is 12.8.